The van der Waals surface area contributed by atoms with Gasteiger partial charge in [0.15, 0.2) is 0 Å². The van der Waals surface area contributed by atoms with E-state index in [4.69, 9.17) is 0 Å². The fourth-order valence-electron chi connectivity index (χ4n) is 3.61. The Morgan fingerprint density at radius 1 is 1.11 bits per heavy atom. The molecule has 0 spiro atoms. The van der Waals surface area contributed by atoms with E-state index in [1.807, 2.05) is 19.2 Å². The molecule has 1 aliphatic rings. The lowest BCUT2D eigenvalue weighted by atomic mass is 10.1. The van der Waals surface area contributed by atoms with Crippen LogP contribution in [0.3, 0.4) is 0 Å². The van der Waals surface area contributed by atoms with Crippen molar-refractivity contribution in [1.29, 1.82) is 0 Å². The highest BCUT2D eigenvalue weighted by atomic mass is 32.2. The molecule has 0 unspecified atom stereocenters. The Morgan fingerprint density at radius 2 is 1.78 bits per heavy atom. The van der Waals surface area contributed by atoms with Crippen LogP contribution in [0.4, 0.5) is 0 Å². The summed E-state index contributed by atoms with van der Waals surface area (Å²) in [5, 5.41) is 1.25. The van der Waals surface area contributed by atoms with Crippen molar-refractivity contribution < 1.29 is 13.2 Å². The van der Waals surface area contributed by atoms with Crippen LogP contribution in [-0.2, 0) is 28.5 Å². The first-order chi connectivity index (χ1) is 12.8. The van der Waals surface area contributed by atoms with E-state index in [9.17, 15) is 13.2 Å². The van der Waals surface area contributed by atoms with Crippen LogP contribution in [-0.4, -0.2) is 72.7 Å². The third-order valence-corrected chi connectivity index (χ3v) is 7.14. The number of para-hydroxylation sites is 1. The van der Waals surface area contributed by atoms with Crippen molar-refractivity contribution >= 4 is 27.0 Å². The van der Waals surface area contributed by atoms with Crippen molar-refractivity contribution in [2.45, 2.75) is 19.3 Å². The molecule has 1 aliphatic heterocycles. The van der Waals surface area contributed by atoms with Crippen molar-refractivity contribution in [2.24, 2.45) is 7.05 Å². The van der Waals surface area contributed by atoms with Gasteiger partial charge in [-0.3, -0.25) is 4.79 Å². The maximum Gasteiger partial charge on any atom is 0.281 e. The largest absolute Gasteiger partial charge is 0.350 e. The van der Waals surface area contributed by atoms with Gasteiger partial charge in [0.05, 0.1) is 0 Å². The standard InChI is InChI=1S/C19H28N4O3S/c1-20(2)27(25,26)23-13-11-22(12-14-23)19(24)10-6-7-16-15-21(3)18-9-5-4-8-17(16)18/h4-5,8-9,15H,6-7,10-14H2,1-3H3. The van der Waals surface area contributed by atoms with Crippen LogP contribution in [0, 0.1) is 0 Å². The number of amides is 1. The first-order valence-corrected chi connectivity index (χ1v) is 10.7. The Hall–Kier alpha value is -1.90. The molecule has 0 radical (unpaired) electrons. The fraction of sp³-hybridized carbons (Fsp3) is 0.526. The highest BCUT2D eigenvalue weighted by Crippen LogP contribution is 2.22. The monoisotopic (exact) mass is 392 g/mol. The number of aryl methyl sites for hydroxylation is 2. The Morgan fingerprint density at radius 3 is 2.44 bits per heavy atom. The molecule has 3 rings (SSSR count). The van der Waals surface area contributed by atoms with E-state index in [2.05, 4.69) is 22.9 Å². The second-order valence-electron chi connectivity index (χ2n) is 7.21. The van der Waals surface area contributed by atoms with E-state index >= 15 is 0 Å². The third-order valence-electron chi connectivity index (χ3n) is 5.20. The topological polar surface area (TPSA) is 65.9 Å². The van der Waals surface area contributed by atoms with Gasteiger partial charge < -0.3 is 9.47 Å². The van der Waals surface area contributed by atoms with Crippen molar-refractivity contribution in [1.82, 2.24) is 18.1 Å². The van der Waals surface area contributed by atoms with Crippen LogP contribution in [0.15, 0.2) is 30.5 Å². The zero-order valence-corrected chi connectivity index (χ0v) is 17.1. The van der Waals surface area contributed by atoms with Gasteiger partial charge in [-0.15, -0.1) is 0 Å². The molecule has 2 heterocycles. The second-order valence-corrected chi connectivity index (χ2v) is 9.35. The Labute approximate surface area is 161 Å². The van der Waals surface area contributed by atoms with Crippen LogP contribution in [0.2, 0.25) is 0 Å². The summed E-state index contributed by atoms with van der Waals surface area (Å²) >= 11 is 0. The highest BCUT2D eigenvalue weighted by Gasteiger charge is 2.29. The number of benzene rings is 1. The number of carbonyl (C=O) groups is 1. The molecule has 1 aromatic heterocycles. The van der Waals surface area contributed by atoms with Crippen molar-refractivity contribution in [3.8, 4) is 0 Å². The van der Waals surface area contributed by atoms with Gasteiger partial charge in [-0.2, -0.15) is 17.0 Å². The average molecular weight is 393 g/mol. The van der Waals surface area contributed by atoms with Crippen LogP contribution < -0.4 is 0 Å². The Balaban J connectivity index is 1.50. The summed E-state index contributed by atoms with van der Waals surface area (Å²) in [5.41, 5.74) is 2.47. The van der Waals surface area contributed by atoms with Crippen molar-refractivity contribution in [3.05, 3.63) is 36.0 Å². The number of hydrogen-bond acceptors (Lipinski definition) is 3. The zero-order chi connectivity index (χ0) is 19.6. The number of rotatable bonds is 6. The quantitative estimate of drug-likeness (QED) is 0.747. The number of aromatic nitrogens is 1. The average Bonchev–Trinajstić information content (AvgIpc) is 2.98. The molecular formula is C19H28N4O3S. The lowest BCUT2D eigenvalue weighted by Crippen LogP contribution is -2.53. The van der Waals surface area contributed by atoms with E-state index in [1.165, 1.54) is 39.2 Å². The zero-order valence-electron chi connectivity index (χ0n) is 16.3. The normalized spacial score (nSPS) is 16.4. The highest BCUT2D eigenvalue weighted by molar-refractivity contribution is 7.86. The number of fused-ring (bicyclic) bond motifs is 1. The predicted molar refractivity (Wildman–Crippen MR) is 107 cm³/mol. The fourth-order valence-corrected chi connectivity index (χ4v) is 4.70. The molecule has 2 aromatic rings. The predicted octanol–water partition coefficient (Wildman–Crippen LogP) is 1.45. The lowest BCUT2D eigenvalue weighted by molar-refractivity contribution is -0.132. The van der Waals surface area contributed by atoms with Crippen LogP contribution in [0.5, 0.6) is 0 Å². The molecule has 1 amide bonds. The first-order valence-electron chi connectivity index (χ1n) is 9.29. The molecule has 7 nitrogen and oxygen atoms in total. The molecule has 0 atom stereocenters. The maximum absolute atomic E-state index is 12.5. The Bertz CT molecular complexity index is 912. The molecule has 0 saturated carbocycles. The van der Waals surface area contributed by atoms with Gasteiger partial charge in [-0.1, -0.05) is 18.2 Å². The van der Waals surface area contributed by atoms with Crippen LogP contribution in [0.25, 0.3) is 10.9 Å². The van der Waals surface area contributed by atoms with Gasteiger partial charge >= 0.3 is 0 Å². The molecule has 1 saturated heterocycles. The molecule has 1 fully saturated rings. The van der Waals surface area contributed by atoms with E-state index < -0.39 is 10.2 Å². The van der Waals surface area contributed by atoms with E-state index in [0.29, 0.717) is 32.6 Å². The molecule has 1 aromatic carbocycles. The van der Waals surface area contributed by atoms with Gasteiger partial charge in [0.25, 0.3) is 10.2 Å². The number of nitrogens with zero attached hydrogens (tertiary/aromatic N) is 4. The van der Waals surface area contributed by atoms with Crippen LogP contribution in [0.1, 0.15) is 18.4 Å². The molecular weight excluding hydrogens is 364 g/mol. The minimum absolute atomic E-state index is 0.108. The summed E-state index contributed by atoms with van der Waals surface area (Å²) in [6.45, 7) is 1.63. The minimum atomic E-state index is -3.39. The minimum Gasteiger partial charge on any atom is -0.350 e. The number of hydrogen-bond donors (Lipinski definition) is 0. The van der Waals surface area contributed by atoms with Gasteiger partial charge in [0.2, 0.25) is 5.91 Å². The van der Waals surface area contributed by atoms with Gasteiger partial charge in [0, 0.05) is 70.8 Å². The molecule has 148 valence electrons. The van der Waals surface area contributed by atoms with Crippen molar-refractivity contribution in [2.75, 3.05) is 40.3 Å². The van der Waals surface area contributed by atoms with Crippen LogP contribution >= 0.6 is 0 Å². The Kier molecular flexibility index (Phi) is 5.88. The molecule has 8 heteroatoms. The lowest BCUT2D eigenvalue weighted by Gasteiger charge is -2.35. The van der Waals surface area contributed by atoms with E-state index in [1.54, 1.807) is 4.90 Å². The van der Waals surface area contributed by atoms with Gasteiger partial charge in [0.1, 0.15) is 0 Å². The molecule has 27 heavy (non-hydrogen) atoms. The summed E-state index contributed by atoms with van der Waals surface area (Å²) in [4.78, 5) is 14.3. The summed E-state index contributed by atoms with van der Waals surface area (Å²) < 4.78 is 29.1. The van der Waals surface area contributed by atoms with E-state index in [0.717, 1.165) is 12.8 Å². The molecule has 0 aliphatic carbocycles. The summed E-state index contributed by atoms with van der Waals surface area (Å²) in [5.74, 6) is 0.108. The van der Waals surface area contributed by atoms with Crippen molar-refractivity contribution in [3.63, 3.8) is 0 Å². The SMILES string of the molecule is CN(C)S(=O)(=O)N1CCN(C(=O)CCCc2cn(C)c3ccccc23)CC1. The summed E-state index contributed by atoms with van der Waals surface area (Å²) in [6, 6.07) is 8.30. The summed E-state index contributed by atoms with van der Waals surface area (Å²) in [7, 11) is 1.70. The number of piperazine rings is 1. The molecule has 0 N–H and O–H groups in total. The smallest absolute Gasteiger partial charge is 0.281 e. The molecule has 0 bridgehead atoms. The summed E-state index contributed by atoms with van der Waals surface area (Å²) in [6.07, 6.45) is 4.29. The second kappa shape index (κ2) is 8.00. The number of carbonyl (C=O) groups excluding carboxylic acids is 1. The van der Waals surface area contributed by atoms with E-state index in [-0.39, 0.29) is 5.91 Å². The van der Waals surface area contributed by atoms with Gasteiger partial charge in [-0.25, -0.2) is 0 Å². The van der Waals surface area contributed by atoms with Gasteiger partial charge in [-0.05, 0) is 24.5 Å². The first kappa shape index (κ1) is 19.9. The third kappa shape index (κ3) is 4.17. The maximum atomic E-state index is 12.5.